The lowest BCUT2D eigenvalue weighted by atomic mass is 10.1. The van der Waals surface area contributed by atoms with Gasteiger partial charge in [0.05, 0.1) is 23.0 Å². The summed E-state index contributed by atoms with van der Waals surface area (Å²) in [5.74, 6) is 1.58. The molecule has 0 fully saturated rings. The van der Waals surface area contributed by atoms with Crippen LogP contribution in [0.5, 0.6) is 5.75 Å². The number of ketones is 1. The van der Waals surface area contributed by atoms with Crippen molar-refractivity contribution in [3.8, 4) is 5.75 Å². The molecule has 2 aromatic heterocycles. The van der Waals surface area contributed by atoms with Crippen LogP contribution < -0.4 is 10.1 Å². The van der Waals surface area contributed by atoms with Crippen molar-refractivity contribution in [2.45, 2.75) is 52.6 Å². The first-order chi connectivity index (χ1) is 15.7. The molecular formula is C25H34IN5O2. The fourth-order valence-electron chi connectivity index (χ4n) is 4.02. The lowest BCUT2D eigenvalue weighted by Gasteiger charge is -2.16. The van der Waals surface area contributed by atoms with Gasteiger partial charge >= 0.3 is 0 Å². The van der Waals surface area contributed by atoms with Crippen molar-refractivity contribution < 1.29 is 9.53 Å². The van der Waals surface area contributed by atoms with Crippen LogP contribution in [0, 0.1) is 10.5 Å². The number of hydrogen-bond acceptors (Lipinski definition) is 6. The van der Waals surface area contributed by atoms with Crippen molar-refractivity contribution in [3.05, 3.63) is 39.4 Å². The molecule has 0 bridgehead atoms. The standard InChI is InChI=1S/C25H34IN5O2/c1-16(2)33-21-14-18(26)11-12-19(21)29-25-24-22(27-15-28-25)17(3)23(31(24)6)20(32)10-8-7-9-13-30(4)5/h11-12,14-16H,7-10,13H2,1-6H3,(H,27,28,29). The molecular weight excluding hydrogens is 529 g/mol. The summed E-state index contributed by atoms with van der Waals surface area (Å²) in [7, 11) is 6.07. The highest BCUT2D eigenvalue weighted by molar-refractivity contribution is 14.1. The van der Waals surface area contributed by atoms with Crippen LogP contribution in [0.1, 0.15) is 55.6 Å². The van der Waals surface area contributed by atoms with E-state index in [-0.39, 0.29) is 11.9 Å². The number of anilines is 2. The maximum Gasteiger partial charge on any atom is 0.179 e. The van der Waals surface area contributed by atoms with Crippen LogP contribution in [0.25, 0.3) is 11.0 Å². The Labute approximate surface area is 210 Å². The van der Waals surface area contributed by atoms with E-state index in [1.165, 1.54) is 0 Å². The summed E-state index contributed by atoms with van der Waals surface area (Å²) in [4.78, 5) is 24.3. The van der Waals surface area contributed by atoms with Gasteiger partial charge in [-0.15, -0.1) is 0 Å². The van der Waals surface area contributed by atoms with Crippen molar-refractivity contribution in [1.82, 2.24) is 19.4 Å². The molecule has 0 radical (unpaired) electrons. The molecule has 1 N–H and O–H groups in total. The molecule has 2 heterocycles. The molecule has 0 saturated carbocycles. The smallest absolute Gasteiger partial charge is 0.179 e. The second kappa shape index (κ2) is 11.3. The fraction of sp³-hybridized carbons (Fsp3) is 0.480. The molecule has 0 unspecified atom stereocenters. The summed E-state index contributed by atoms with van der Waals surface area (Å²) in [6, 6.07) is 6.02. The molecule has 178 valence electrons. The number of aromatic nitrogens is 3. The number of Topliss-reactive ketones (excluding diaryl/α,β-unsaturated/α-hetero) is 1. The third-order valence-electron chi connectivity index (χ3n) is 5.54. The number of benzene rings is 1. The molecule has 1 aromatic carbocycles. The van der Waals surface area contributed by atoms with Crippen molar-refractivity contribution in [2.24, 2.45) is 7.05 Å². The molecule has 0 atom stereocenters. The second-order valence-electron chi connectivity index (χ2n) is 8.92. The first-order valence-electron chi connectivity index (χ1n) is 11.4. The number of ether oxygens (including phenoxy) is 1. The molecule has 33 heavy (non-hydrogen) atoms. The topological polar surface area (TPSA) is 72.3 Å². The number of carbonyl (C=O) groups is 1. The van der Waals surface area contributed by atoms with Gasteiger partial charge in [-0.05, 0) is 95.0 Å². The molecule has 0 saturated heterocycles. The summed E-state index contributed by atoms with van der Waals surface area (Å²) in [5, 5.41) is 3.42. The Morgan fingerprint density at radius 1 is 1.21 bits per heavy atom. The third-order valence-corrected chi connectivity index (χ3v) is 6.21. The van der Waals surface area contributed by atoms with E-state index in [4.69, 9.17) is 4.74 Å². The number of fused-ring (bicyclic) bond motifs is 1. The van der Waals surface area contributed by atoms with Crippen LogP contribution >= 0.6 is 22.6 Å². The molecule has 3 rings (SSSR count). The van der Waals surface area contributed by atoms with Crippen LogP contribution in [-0.4, -0.2) is 52.0 Å². The third kappa shape index (κ3) is 6.23. The van der Waals surface area contributed by atoms with Gasteiger partial charge in [-0.1, -0.05) is 6.42 Å². The van der Waals surface area contributed by atoms with Gasteiger partial charge in [0, 0.05) is 22.6 Å². The Hall–Kier alpha value is -2.20. The van der Waals surface area contributed by atoms with Gasteiger partial charge in [-0.2, -0.15) is 0 Å². The number of hydrogen-bond donors (Lipinski definition) is 1. The van der Waals surface area contributed by atoms with Gasteiger partial charge < -0.3 is 19.5 Å². The van der Waals surface area contributed by atoms with E-state index in [0.29, 0.717) is 17.9 Å². The number of nitrogens with one attached hydrogen (secondary N) is 1. The molecule has 0 aliphatic heterocycles. The first kappa shape index (κ1) is 25.4. The highest BCUT2D eigenvalue weighted by atomic mass is 127. The van der Waals surface area contributed by atoms with Gasteiger partial charge in [0.1, 0.15) is 17.6 Å². The molecule has 0 aliphatic carbocycles. The summed E-state index contributed by atoms with van der Waals surface area (Å²) >= 11 is 2.28. The number of unbranched alkanes of at least 4 members (excludes halogenated alkanes) is 2. The Bertz CT molecular complexity index is 1120. The van der Waals surface area contributed by atoms with Gasteiger partial charge in [0.2, 0.25) is 0 Å². The van der Waals surface area contributed by atoms with Crippen molar-refractivity contribution in [2.75, 3.05) is 26.0 Å². The van der Waals surface area contributed by atoms with Crippen LogP contribution in [0.4, 0.5) is 11.5 Å². The van der Waals surface area contributed by atoms with Crippen LogP contribution in [0.2, 0.25) is 0 Å². The van der Waals surface area contributed by atoms with Crippen LogP contribution in [-0.2, 0) is 7.05 Å². The van der Waals surface area contributed by atoms with Crippen molar-refractivity contribution >= 4 is 50.9 Å². The average Bonchev–Trinajstić information content (AvgIpc) is 3.00. The molecule has 7 nitrogen and oxygen atoms in total. The molecule has 0 spiro atoms. The number of halogens is 1. The lowest BCUT2D eigenvalue weighted by Crippen LogP contribution is -2.13. The number of aryl methyl sites for hydroxylation is 2. The van der Waals surface area contributed by atoms with E-state index in [2.05, 4.69) is 56.9 Å². The minimum absolute atomic E-state index is 0.0494. The largest absolute Gasteiger partial charge is 0.489 e. The van der Waals surface area contributed by atoms with E-state index >= 15 is 0 Å². The van der Waals surface area contributed by atoms with E-state index < -0.39 is 0 Å². The van der Waals surface area contributed by atoms with E-state index in [9.17, 15) is 4.79 Å². The van der Waals surface area contributed by atoms with E-state index in [0.717, 1.165) is 57.4 Å². The zero-order chi connectivity index (χ0) is 24.1. The maximum absolute atomic E-state index is 13.1. The number of carbonyl (C=O) groups excluding carboxylic acids is 1. The molecule has 3 aromatic rings. The predicted octanol–water partition coefficient (Wildman–Crippen LogP) is 5.72. The monoisotopic (exact) mass is 563 g/mol. The zero-order valence-corrected chi connectivity index (χ0v) is 22.6. The zero-order valence-electron chi connectivity index (χ0n) is 20.4. The minimum Gasteiger partial charge on any atom is -0.489 e. The number of nitrogens with zero attached hydrogens (tertiary/aromatic N) is 4. The summed E-state index contributed by atoms with van der Waals surface area (Å²) in [6.45, 7) is 7.03. The summed E-state index contributed by atoms with van der Waals surface area (Å²) in [5.41, 5.74) is 4.06. The minimum atomic E-state index is 0.0494. The van der Waals surface area contributed by atoms with Crippen LogP contribution in [0.15, 0.2) is 24.5 Å². The van der Waals surface area contributed by atoms with Crippen molar-refractivity contribution in [1.29, 1.82) is 0 Å². The lowest BCUT2D eigenvalue weighted by molar-refractivity contribution is 0.0971. The summed E-state index contributed by atoms with van der Waals surface area (Å²) in [6.07, 6.45) is 5.17. The molecule has 0 aliphatic rings. The Morgan fingerprint density at radius 3 is 2.67 bits per heavy atom. The Morgan fingerprint density at radius 2 is 1.97 bits per heavy atom. The molecule has 8 heteroatoms. The fourth-order valence-corrected chi connectivity index (χ4v) is 4.48. The van der Waals surface area contributed by atoms with E-state index in [1.54, 1.807) is 6.33 Å². The molecule has 0 amide bonds. The van der Waals surface area contributed by atoms with E-state index in [1.807, 2.05) is 50.6 Å². The van der Waals surface area contributed by atoms with Gasteiger partial charge in [-0.3, -0.25) is 4.79 Å². The predicted molar refractivity (Wildman–Crippen MR) is 143 cm³/mol. The second-order valence-corrected chi connectivity index (χ2v) is 10.2. The first-order valence-corrected chi connectivity index (χ1v) is 12.5. The Balaban J connectivity index is 1.88. The number of rotatable bonds is 11. The van der Waals surface area contributed by atoms with Crippen LogP contribution in [0.3, 0.4) is 0 Å². The SMILES string of the molecule is Cc1c(C(=O)CCCCCN(C)C)n(C)c2c(Nc3ccc(I)cc3OC(C)C)ncnc12. The maximum atomic E-state index is 13.1. The highest BCUT2D eigenvalue weighted by Crippen LogP contribution is 2.34. The van der Waals surface area contributed by atoms with Crippen molar-refractivity contribution in [3.63, 3.8) is 0 Å². The average molecular weight is 563 g/mol. The van der Waals surface area contributed by atoms with Gasteiger partial charge in [-0.25, -0.2) is 9.97 Å². The van der Waals surface area contributed by atoms with Gasteiger partial charge in [0.25, 0.3) is 0 Å². The quantitative estimate of drug-likeness (QED) is 0.183. The summed E-state index contributed by atoms with van der Waals surface area (Å²) < 4.78 is 9.04. The normalized spacial score (nSPS) is 11.5. The Kier molecular flexibility index (Phi) is 8.69. The van der Waals surface area contributed by atoms with Gasteiger partial charge in [0.15, 0.2) is 11.6 Å². The highest BCUT2D eigenvalue weighted by Gasteiger charge is 2.22.